The van der Waals surface area contributed by atoms with E-state index in [9.17, 15) is 23.5 Å². The van der Waals surface area contributed by atoms with Crippen molar-refractivity contribution >= 4 is 11.9 Å². The molecule has 0 N–H and O–H groups in total. The van der Waals surface area contributed by atoms with Crippen LogP contribution in [0.5, 0.6) is 0 Å². The van der Waals surface area contributed by atoms with Gasteiger partial charge in [0.05, 0.1) is 5.56 Å². The predicted octanol–water partition coefficient (Wildman–Crippen LogP) is 1.01. The van der Waals surface area contributed by atoms with Crippen molar-refractivity contribution in [2.24, 2.45) is 0 Å². The first-order valence-corrected chi connectivity index (χ1v) is 5.06. The summed E-state index contributed by atoms with van der Waals surface area (Å²) >= 11 is 0. The molecule has 0 saturated carbocycles. The van der Waals surface area contributed by atoms with Crippen LogP contribution in [-0.2, 0) is 9.53 Å². The molecule has 1 aromatic carbocycles. The van der Waals surface area contributed by atoms with Gasteiger partial charge >= 0.3 is 11.9 Å². The summed E-state index contributed by atoms with van der Waals surface area (Å²) < 4.78 is 31.1. The third-order valence-corrected chi connectivity index (χ3v) is 2.37. The van der Waals surface area contributed by atoms with Crippen LogP contribution < -0.4 is 5.11 Å². The minimum absolute atomic E-state index is 0.0553. The van der Waals surface area contributed by atoms with Crippen molar-refractivity contribution in [3.8, 4) is 0 Å². The number of hydrogen-bond acceptors (Lipinski definition) is 4. The van der Waals surface area contributed by atoms with Crippen LogP contribution in [0.3, 0.4) is 0 Å². The van der Waals surface area contributed by atoms with Crippen molar-refractivity contribution in [2.75, 3.05) is 0 Å². The molecule has 0 radical (unpaired) electrons. The monoisotopic (exact) mass is 257 g/mol. The zero-order valence-corrected chi connectivity index (χ0v) is 9.78. The molecule has 0 aromatic heterocycles. The number of alkyl halides is 2. The number of esters is 1. The van der Waals surface area contributed by atoms with Crippen molar-refractivity contribution < 1.29 is 28.2 Å². The van der Waals surface area contributed by atoms with E-state index in [4.69, 9.17) is 0 Å². The van der Waals surface area contributed by atoms with Crippen LogP contribution in [-0.4, -0.2) is 23.5 Å². The van der Waals surface area contributed by atoms with E-state index in [1.165, 1.54) is 24.3 Å². The molecule has 0 unspecified atom stereocenters. The first kappa shape index (κ1) is 14.1. The zero-order valence-electron chi connectivity index (χ0n) is 9.78. The molecule has 0 spiro atoms. The van der Waals surface area contributed by atoms with Crippen molar-refractivity contribution in [3.05, 3.63) is 35.9 Å². The molecule has 0 aliphatic heterocycles. The van der Waals surface area contributed by atoms with Crippen LogP contribution in [0.15, 0.2) is 30.3 Å². The SMILES string of the molecule is CC(C)(OC(=O)c1ccccc1)C(F)(F)C(=O)[O-]. The van der Waals surface area contributed by atoms with E-state index in [1.807, 2.05) is 0 Å². The van der Waals surface area contributed by atoms with E-state index in [1.54, 1.807) is 6.07 Å². The van der Waals surface area contributed by atoms with Crippen LogP contribution >= 0.6 is 0 Å². The van der Waals surface area contributed by atoms with Crippen LogP contribution in [0.2, 0.25) is 0 Å². The van der Waals surface area contributed by atoms with Gasteiger partial charge in [-0.3, -0.25) is 0 Å². The number of carboxylic acid groups (broad SMARTS) is 1. The van der Waals surface area contributed by atoms with E-state index in [0.717, 1.165) is 13.8 Å². The Balaban J connectivity index is 2.91. The van der Waals surface area contributed by atoms with Crippen molar-refractivity contribution in [2.45, 2.75) is 25.4 Å². The summed E-state index contributed by atoms with van der Waals surface area (Å²) in [6, 6.07) is 7.43. The standard InChI is InChI=1S/C12H12F2O4/c1-11(2,12(13,14)10(16)17)18-9(15)8-6-4-3-5-7-8/h3-7H,1-2H3,(H,16,17)/p-1. The highest BCUT2D eigenvalue weighted by Gasteiger charge is 2.51. The molecule has 1 rings (SSSR count). The Kier molecular flexibility index (Phi) is 3.69. The largest absolute Gasteiger partial charge is 0.544 e. The molecule has 0 heterocycles. The normalized spacial score (nSPS) is 12.0. The van der Waals surface area contributed by atoms with Crippen LogP contribution in [0, 0.1) is 0 Å². The van der Waals surface area contributed by atoms with Gasteiger partial charge in [-0.1, -0.05) is 18.2 Å². The minimum atomic E-state index is -4.28. The molecule has 1 aromatic rings. The van der Waals surface area contributed by atoms with E-state index in [0.29, 0.717) is 0 Å². The highest BCUT2D eigenvalue weighted by atomic mass is 19.3. The Morgan fingerprint density at radius 2 is 1.67 bits per heavy atom. The van der Waals surface area contributed by atoms with Gasteiger partial charge in [-0.2, -0.15) is 8.78 Å². The molecule has 4 nitrogen and oxygen atoms in total. The molecule has 0 bridgehead atoms. The van der Waals surface area contributed by atoms with E-state index < -0.39 is 23.5 Å². The lowest BCUT2D eigenvalue weighted by Crippen LogP contribution is -2.57. The number of hydrogen-bond donors (Lipinski definition) is 0. The van der Waals surface area contributed by atoms with Gasteiger partial charge in [-0.25, -0.2) is 4.79 Å². The fourth-order valence-electron chi connectivity index (χ4n) is 1.17. The molecule has 0 aliphatic rings. The van der Waals surface area contributed by atoms with E-state index in [-0.39, 0.29) is 5.56 Å². The predicted molar refractivity (Wildman–Crippen MR) is 55.9 cm³/mol. The average molecular weight is 257 g/mol. The Morgan fingerprint density at radius 3 is 2.11 bits per heavy atom. The maximum absolute atomic E-state index is 13.3. The first-order valence-electron chi connectivity index (χ1n) is 5.06. The Morgan fingerprint density at radius 1 is 1.17 bits per heavy atom. The molecule has 0 saturated heterocycles. The van der Waals surface area contributed by atoms with Crippen molar-refractivity contribution in [1.82, 2.24) is 0 Å². The number of halogens is 2. The number of carbonyl (C=O) groups excluding carboxylic acids is 2. The molecular formula is C12H11F2O4-. The number of benzene rings is 1. The van der Waals surface area contributed by atoms with E-state index in [2.05, 4.69) is 4.74 Å². The van der Waals surface area contributed by atoms with Crippen molar-refractivity contribution in [1.29, 1.82) is 0 Å². The second-order valence-corrected chi connectivity index (χ2v) is 4.13. The number of carboxylic acids is 1. The Bertz CT molecular complexity index is 454. The number of rotatable bonds is 4. The molecule has 0 fully saturated rings. The molecule has 18 heavy (non-hydrogen) atoms. The third kappa shape index (κ3) is 2.64. The van der Waals surface area contributed by atoms with Crippen molar-refractivity contribution in [3.63, 3.8) is 0 Å². The zero-order chi connectivity index (χ0) is 14.0. The maximum atomic E-state index is 13.3. The van der Waals surface area contributed by atoms with Crippen LogP contribution in [0.25, 0.3) is 0 Å². The quantitative estimate of drug-likeness (QED) is 0.755. The topological polar surface area (TPSA) is 66.4 Å². The Hall–Kier alpha value is -1.98. The van der Waals surface area contributed by atoms with Gasteiger partial charge in [0.2, 0.25) is 0 Å². The van der Waals surface area contributed by atoms with E-state index >= 15 is 0 Å². The maximum Gasteiger partial charge on any atom is 0.338 e. The molecule has 0 atom stereocenters. The lowest BCUT2D eigenvalue weighted by atomic mass is 10.0. The molecule has 0 aliphatic carbocycles. The summed E-state index contributed by atoms with van der Waals surface area (Å²) in [7, 11) is 0. The van der Waals surface area contributed by atoms with Gasteiger partial charge in [-0.05, 0) is 26.0 Å². The molecule has 0 amide bonds. The summed E-state index contributed by atoms with van der Waals surface area (Å²) in [5.41, 5.74) is -2.45. The molecular weight excluding hydrogens is 246 g/mol. The van der Waals surface area contributed by atoms with Gasteiger partial charge in [-0.15, -0.1) is 0 Å². The number of aliphatic carboxylic acids is 1. The van der Waals surface area contributed by atoms with Gasteiger partial charge < -0.3 is 14.6 Å². The summed E-state index contributed by atoms with van der Waals surface area (Å²) in [4.78, 5) is 21.9. The van der Waals surface area contributed by atoms with Crippen LogP contribution in [0.1, 0.15) is 24.2 Å². The number of carbonyl (C=O) groups is 2. The molecule has 6 heteroatoms. The second-order valence-electron chi connectivity index (χ2n) is 4.13. The lowest BCUT2D eigenvalue weighted by molar-refractivity contribution is -0.341. The van der Waals surface area contributed by atoms with Gasteiger partial charge in [0.1, 0.15) is 5.97 Å². The first-order chi connectivity index (χ1) is 8.18. The number of ether oxygens (including phenoxy) is 1. The van der Waals surface area contributed by atoms with Gasteiger partial charge in [0.25, 0.3) is 0 Å². The minimum Gasteiger partial charge on any atom is -0.544 e. The third-order valence-electron chi connectivity index (χ3n) is 2.37. The summed E-state index contributed by atoms with van der Waals surface area (Å²) in [6.07, 6.45) is 0. The smallest absolute Gasteiger partial charge is 0.338 e. The average Bonchev–Trinajstić information content (AvgIpc) is 2.29. The van der Waals surface area contributed by atoms with Gasteiger partial charge in [0.15, 0.2) is 5.60 Å². The fraction of sp³-hybridized carbons (Fsp3) is 0.333. The highest BCUT2D eigenvalue weighted by molar-refractivity contribution is 5.90. The van der Waals surface area contributed by atoms with Gasteiger partial charge in [0, 0.05) is 0 Å². The highest BCUT2D eigenvalue weighted by Crippen LogP contribution is 2.32. The molecule has 98 valence electrons. The summed E-state index contributed by atoms with van der Waals surface area (Å²) in [5, 5.41) is 10.3. The fourth-order valence-corrected chi connectivity index (χ4v) is 1.17. The summed E-state index contributed by atoms with van der Waals surface area (Å²) in [6.45, 7) is 1.62. The Labute approximate surface area is 102 Å². The summed E-state index contributed by atoms with van der Waals surface area (Å²) in [5.74, 6) is -7.90. The van der Waals surface area contributed by atoms with Crippen LogP contribution in [0.4, 0.5) is 8.78 Å². The second kappa shape index (κ2) is 4.72. The lowest BCUT2D eigenvalue weighted by Gasteiger charge is -2.33.